The summed E-state index contributed by atoms with van der Waals surface area (Å²) >= 11 is 0. The van der Waals surface area contributed by atoms with Crippen LogP contribution in [0.3, 0.4) is 0 Å². The second-order valence-electron chi connectivity index (χ2n) is 4.37. The Bertz CT molecular complexity index is 740. The molecule has 130 valence electrons. The number of alkyl halides is 2. The number of nitrogens with one attached hydrogen (secondary N) is 1. The van der Waals surface area contributed by atoms with Crippen molar-refractivity contribution < 1.29 is 31.5 Å². The van der Waals surface area contributed by atoms with Crippen molar-refractivity contribution in [3.8, 4) is 0 Å². The highest BCUT2D eigenvalue weighted by Gasteiger charge is 2.26. The van der Waals surface area contributed by atoms with E-state index in [-0.39, 0.29) is 5.69 Å². The van der Waals surface area contributed by atoms with Gasteiger partial charge in [0, 0.05) is 11.8 Å². The number of anilines is 1. The Hall–Kier alpha value is -2.55. The monoisotopic (exact) mass is 359 g/mol. The van der Waals surface area contributed by atoms with Crippen molar-refractivity contribution in [2.24, 2.45) is 0 Å². The number of carbonyl (C=O) groups is 2. The van der Waals surface area contributed by atoms with Crippen LogP contribution in [0.5, 0.6) is 0 Å². The number of allylic oxidation sites excluding steroid dienone is 3. The third kappa shape index (κ3) is 5.92. The molecule has 0 aliphatic carbocycles. The Balaban J connectivity index is 2.58. The molecule has 0 aromatic heterocycles. The van der Waals surface area contributed by atoms with Gasteiger partial charge < -0.3 is 10.1 Å². The quantitative estimate of drug-likeness (QED) is 0.458. The molecule has 24 heavy (non-hydrogen) atoms. The minimum atomic E-state index is -4.68. The molecule has 6 nitrogen and oxygen atoms in total. The maximum absolute atomic E-state index is 12.4. The molecule has 9 heteroatoms. The lowest BCUT2D eigenvalue weighted by molar-refractivity contribution is -0.142. The Morgan fingerprint density at radius 2 is 1.83 bits per heavy atom. The summed E-state index contributed by atoms with van der Waals surface area (Å²) in [6.45, 7) is 1.22. The summed E-state index contributed by atoms with van der Waals surface area (Å²) in [4.78, 5) is 22.2. The normalized spacial score (nSPS) is 12.0. The highest BCUT2D eigenvalue weighted by Crippen LogP contribution is 2.20. The van der Waals surface area contributed by atoms with Gasteiger partial charge in [0.15, 0.2) is 6.61 Å². The second-order valence-corrected chi connectivity index (χ2v) is 6.29. The van der Waals surface area contributed by atoms with Gasteiger partial charge in [0.25, 0.3) is 5.91 Å². The lowest BCUT2D eigenvalue weighted by Crippen LogP contribution is -2.20. The summed E-state index contributed by atoms with van der Waals surface area (Å²) in [6.07, 6.45) is 5.89. The highest BCUT2D eigenvalue weighted by atomic mass is 32.2. The SMILES string of the molecule is C/C=C/C=C/C(=O)OCC(=O)Nc1ccc(S(=O)(=O)C(F)F)cc1. The van der Waals surface area contributed by atoms with E-state index in [1.165, 1.54) is 6.08 Å². The molecule has 0 fully saturated rings. The molecule has 0 aliphatic rings. The van der Waals surface area contributed by atoms with E-state index < -0.39 is 39.0 Å². The van der Waals surface area contributed by atoms with Crippen molar-refractivity contribution in [2.45, 2.75) is 17.6 Å². The second kappa shape index (κ2) is 8.92. The van der Waals surface area contributed by atoms with Crippen LogP contribution in [0.4, 0.5) is 14.5 Å². The number of rotatable bonds is 7. The van der Waals surface area contributed by atoms with Crippen molar-refractivity contribution in [3.05, 3.63) is 48.6 Å². The van der Waals surface area contributed by atoms with Crippen LogP contribution in [0.2, 0.25) is 0 Å². The smallest absolute Gasteiger partial charge is 0.341 e. The molecule has 1 rings (SSSR count). The molecule has 0 saturated heterocycles. The summed E-state index contributed by atoms with van der Waals surface area (Å²) in [6, 6.07) is 4.20. The predicted molar refractivity (Wildman–Crippen MR) is 83.2 cm³/mol. The minimum absolute atomic E-state index is 0.175. The summed E-state index contributed by atoms with van der Waals surface area (Å²) < 4.78 is 51.9. The van der Waals surface area contributed by atoms with Crippen LogP contribution in [0.15, 0.2) is 53.5 Å². The van der Waals surface area contributed by atoms with Gasteiger partial charge in [-0.15, -0.1) is 0 Å². The number of sulfone groups is 1. The maximum atomic E-state index is 12.4. The van der Waals surface area contributed by atoms with Crippen LogP contribution in [0.1, 0.15) is 6.92 Å². The van der Waals surface area contributed by atoms with Gasteiger partial charge in [0.1, 0.15) is 0 Å². The molecular weight excluding hydrogens is 344 g/mol. The van der Waals surface area contributed by atoms with E-state index in [9.17, 15) is 26.8 Å². The number of hydrogen-bond acceptors (Lipinski definition) is 5. The van der Waals surface area contributed by atoms with E-state index in [1.54, 1.807) is 19.1 Å². The van der Waals surface area contributed by atoms with Gasteiger partial charge in [0.2, 0.25) is 9.84 Å². The number of halogens is 2. The zero-order valence-electron chi connectivity index (χ0n) is 12.6. The first-order chi connectivity index (χ1) is 11.3. The van der Waals surface area contributed by atoms with Gasteiger partial charge in [-0.2, -0.15) is 8.78 Å². The fraction of sp³-hybridized carbons (Fsp3) is 0.200. The molecule has 1 amide bonds. The molecule has 0 spiro atoms. The Kier molecular flexibility index (Phi) is 7.25. The van der Waals surface area contributed by atoms with E-state index in [2.05, 4.69) is 10.1 Å². The van der Waals surface area contributed by atoms with E-state index in [4.69, 9.17) is 0 Å². The van der Waals surface area contributed by atoms with Crippen LogP contribution >= 0.6 is 0 Å². The van der Waals surface area contributed by atoms with Crippen LogP contribution in [-0.2, 0) is 24.2 Å². The maximum Gasteiger partial charge on any atom is 0.341 e. The fourth-order valence-electron chi connectivity index (χ4n) is 1.46. The summed E-state index contributed by atoms with van der Waals surface area (Å²) in [5, 5.41) is 2.34. The molecule has 0 atom stereocenters. The number of esters is 1. The van der Waals surface area contributed by atoms with Crippen molar-refractivity contribution >= 4 is 27.4 Å². The number of carbonyl (C=O) groups excluding carboxylic acids is 2. The van der Waals surface area contributed by atoms with Gasteiger partial charge in [-0.25, -0.2) is 13.2 Å². The standard InChI is InChI=1S/C15H15F2NO5S/c1-2-3-4-5-14(20)23-10-13(19)18-11-6-8-12(9-7-11)24(21,22)15(16)17/h2-9,15H,10H2,1H3,(H,18,19)/b3-2+,5-4+. The third-order valence-corrected chi connectivity index (χ3v) is 3.98. The Morgan fingerprint density at radius 3 is 2.38 bits per heavy atom. The van der Waals surface area contributed by atoms with E-state index >= 15 is 0 Å². The highest BCUT2D eigenvalue weighted by molar-refractivity contribution is 7.91. The van der Waals surface area contributed by atoms with E-state index in [0.29, 0.717) is 0 Å². The summed E-state index contributed by atoms with van der Waals surface area (Å²) in [5.41, 5.74) is 0.175. The van der Waals surface area contributed by atoms with Crippen molar-refractivity contribution in [2.75, 3.05) is 11.9 Å². The van der Waals surface area contributed by atoms with Crippen molar-refractivity contribution in [1.82, 2.24) is 0 Å². The largest absolute Gasteiger partial charge is 0.452 e. The molecule has 0 heterocycles. The number of hydrogen-bond donors (Lipinski definition) is 1. The lowest BCUT2D eigenvalue weighted by atomic mass is 10.3. The average Bonchev–Trinajstić information content (AvgIpc) is 2.53. The molecular formula is C15H15F2NO5S. The number of amides is 1. The average molecular weight is 359 g/mol. The van der Waals surface area contributed by atoms with Crippen LogP contribution in [0, 0.1) is 0 Å². The van der Waals surface area contributed by atoms with Crippen molar-refractivity contribution in [3.63, 3.8) is 0 Å². The lowest BCUT2D eigenvalue weighted by Gasteiger charge is -2.07. The van der Waals surface area contributed by atoms with E-state index in [1.807, 2.05) is 0 Å². The molecule has 1 aromatic rings. The predicted octanol–water partition coefficient (Wildman–Crippen LogP) is 2.30. The van der Waals surface area contributed by atoms with Gasteiger partial charge >= 0.3 is 11.7 Å². The minimum Gasteiger partial charge on any atom is -0.452 e. The molecule has 1 N–H and O–H groups in total. The topological polar surface area (TPSA) is 89.5 Å². The summed E-state index contributed by atoms with van der Waals surface area (Å²) in [7, 11) is -4.68. The number of benzene rings is 1. The Morgan fingerprint density at radius 1 is 1.21 bits per heavy atom. The first-order valence-electron chi connectivity index (χ1n) is 6.65. The first kappa shape index (κ1) is 19.5. The van der Waals surface area contributed by atoms with Gasteiger partial charge in [-0.05, 0) is 31.2 Å². The van der Waals surface area contributed by atoms with Crippen LogP contribution < -0.4 is 5.32 Å². The first-order valence-corrected chi connectivity index (χ1v) is 8.20. The summed E-state index contributed by atoms with van der Waals surface area (Å²) in [5.74, 6) is -4.89. The van der Waals surface area contributed by atoms with Crippen LogP contribution in [0.25, 0.3) is 0 Å². The van der Waals surface area contributed by atoms with E-state index in [0.717, 1.165) is 30.3 Å². The number of ether oxygens (including phenoxy) is 1. The van der Waals surface area contributed by atoms with Gasteiger partial charge in [0.05, 0.1) is 4.90 Å². The third-order valence-electron chi connectivity index (χ3n) is 2.58. The molecule has 1 aromatic carbocycles. The van der Waals surface area contributed by atoms with Crippen LogP contribution in [-0.4, -0.2) is 32.7 Å². The Labute approximate surface area is 137 Å². The zero-order valence-corrected chi connectivity index (χ0v) is 13.4. The van der Waals surface area contributed by atoms with Crippen molar-refractivity contribution in [1.29, 1.82) is 0 Å². The molecule has 0 saturated carbocycles. The zero-order chi connectivity index (χ0) is 18.2. The van der Waals surface area contributed by atoms with Gasteiger partial charge in [-0.3, -0.25) is 4.79 Å². The molecule has 0 aliphatic heterocycles. The molecule has 0 bridgehead atoms. The molecule has 0 unspecified atom stereocenters. The van der Waals surface area contributed by atoms with Gasteiger partial charge in [-0.1, -0.05) is 18.2 Å². The fourth-order valence-corrected chi connectivity index (χ4v) is 2.18. The molecule has 0 radical (unpaired) electrons.